The van der Waals surface area contributed by atoms with Gasteiger partial charge in [-0.05, 0) is 31.4 Å². The van der Waals surface area contributed by atoms with Crippen LogP contribution in [0.5, 0.6) is 0 Å². The summed E-state index contributed by atoms with van der Waals surface area (Å²) in [4.78, 5) is 12.6. The first-order chi connectivity index (χ1) is 9.77. The molecular weight excluding hydrogens is 252 g/mol. The van der Waals surface area contributed by atoms with Gasteiger partial charge < -0.3 is 11.1 Å². The maximum atomic E-state index is 12.6. The van der Waals surface area contributed by atoms with Crippen LogP contribution in [0.1, 0.15) is 19.3 Å². The first-order valence-corrected chi connectivity index (χ1v) is 6.94. The minimum Gasteiger partial charge on any atom is -0.388 e. The van der Waals surface area contributed by atoms with Crippen LogP contribution in [0.15, 0.2) is 47.2 Å². The lowest BCUT2D eigenvalue weighted by Gasteiger charge is -2.16. The number of carbonyl (C=O) groups excluding carboxylic acids is 1. The van der Waals surface area contributed by atoms with Gasteiger partial charge in [-0.25, -0.2) is 0 Å². The van der Waals surface area contributed by atoms with Gasteiger partial charge in [0.05, 0.1) is 5.69 Å². The lowest BCUT2D eigenvalue weighted by molar-refractivity contribution is -0.119. The number of nitrogens with two attached hydrogens (primary N) is 1. The van der Waals surface area contributed by atoms with Crippen molar-refractivity contribution in [3.63, 3.8) is 0 Å². The lowest BCUT2D eigenvalue weighted by atomic mass is 10.0. The number of rotatable bonds is 2. The van der Waals surface area contributed by atoms with E-state index in [0.29, 0.717) is 5.84 Å². The number of amidine groups is 1. The lowest BCUT2D eigenvalue weighted by Crippen LogP contribution is -2.36. The van der Waals surface area contributed by atoms with Crippen molar-refractivity contribution in [2.45, 2.75) is 19.3 Å². The summed E-state index contributed by atoms with van der Waals surface area (Å²) in [6.45, 7) is 0.883. The van der Waals surface area contributed by atoms with Crippen LogP contribution in [-0.4, -0.2) is 18.3 Å². The zero-order chi connectivity index (χ0) is 13.9. The minimum absolute atomic E-state index is 0.0886. The molecule has 0 saturated carbocycles. The molecule has 1 atom stereocenters. The van der Waals surface area contributed by atoms with Gasteiger partial charge in [0, 0.05) is 12.2 Å². The van der Waals surface area contributed by atoms with Crippen LogP contribution in [0, 0.1) is 5.92 Å². The average molecular weight is 270 g/mol. The Morgan fingerprint density at radius 2 is 2.05 bits per heavy atom. The monoisotopic (exact) mass is 270 g/mol. The summed E-state index contributed by atoms with van der Waals surface area (Å²) < 4.78 is 0. The molecule has 0 aliphatic carbocycles. The molecule has 0 aromatic heterocycles. The van der Waals surface area contributed by atoms with Crippen molar-refractivity contribution >= 4 is 17.4 Å². The van der Waals surface area contributed by atoms with E-state index >= 15 is 0 Å². The molecule has 1 aromatic carbocycles. The molecule has 3 N–H and O–H groups in total. The van der Waals surface area contributed by atoms with Crippen LogP contribution in [0.3, 0.4) is 0 Å². The van der Waals surface area contributed by atoms with Gasteiger partial charge in [-0.2, -0.15) is 10.1 Å². The number of carbonyl (C=O) groups is 1. The number of hydrogen-bond donors (Lipinski definition) is 2. The molecule has 2 aliphatic rings. The second kappa shape index (κ2) is 5.36. The predicted octanol–water partition coefficient (Wildman–Crippen LogP) is 1.58. The maximum absolute atomic E-state index is 12.6. The molecule has 1 aromatic rings. The fraction of sp³-hybridized carbons (Fsp3) is 0.333. The van der Waals surface area contributed by atoms with Crippen molar-refractivity contribution in [1.82, 2.24) is 5.32 Å². The zero-order valence-electron chi connectivity index (χ0n) is 11.2. The SMILES string of the molecule is NC1=NN(c2ccccc2)C(=O)[C@H]1C1=CCCCCN1. The summed E-state index contributed by atoms with van der Waals surface area (Å²) in [5.41, 5.74) is 7.63. The second-order valence-corrected chi connectivity index (χ2v) is 5.03. The Bertz CT molecular complexity index is 564. The average Bonchev–Trinajstić information content (AvgIpc) is 2.67. The number of hydrogen-bond acceptors (Lipinski definition) is 4. The molecule has 0 fully saturated rings. The fourth-order valence-corrected chi connectivity index (χ4v) is 2.57. The summed E-state index contributed by atoms with van der Waals surface area (Å²) >= 11 is 0. The Balaban J connectivity index is 1.87. The van der Waals surface area contributed by atoms with E-state index < -0.39 is 5.92 Å². The molecule has 104 valence electrons. The number of para-hydroxylation sites is 1. The van der Waals surface area contributed by atoms with Crippen LogP contribution in [0.2, 0.25) is 0 Å². The van der Waals surface area contributed by atoms with E-state index in [9.17, 15) is 4.79 Å². The van der Waals surface area contributed by atoms with Crippen LogP contribution in [0.4, 0.5) is 5.69 Å². The molecule has 0 unspecified atom stereocenters. The number of nitrogens with zero attached hydrogens (tertiary/aromatic N) is 2. The molecule has 0 radical (unpaired) electrons. The van der Waals surface area contributed by atoms with Crippen molar-refractivity contribution in [1.29, 1.82) is 0 Å². The summed E-state index contributed by atoms with van der Waals surface area (Å²) in [7, 11) is 0. The van der Waals surface area contributed by atoms with E-state index in [1.165, 1.54) is 5.01 Å². The van der Waals surface area contributed by atoms with E-state index in [0.717, 1.165) is 37.2 Å². The molecule has 3 rings (SSSR count). The summed E-state index contributed by atoms with van der Waals surface area (Å²) in [5.74, 6) is -0.192. The summed E-state index contributed by atoms with van der Waals surface area (Å²) in [6.07, 6.45) is 5.30. The smallest absolute Gasteiger partial charge is 0.264 e. The highest BCUT2D eigenvalue weighted by atomic mass is 16.2. The molecule has 0 bridgehead atoms. The first kappa shape index (κ1) is 12.7. The zero-order valence-corrected chi connectivity index (χ0v) is 11.2. The van der Waals surface area contributed by atoms with Crippen molar-refractivity contribution in [2.75, 3.05) is 11.6 Å². The van der Waals surface area contributed by atoms with Crippen LogP contribution in [0.25, 0.3) is 0 Å². The molecule has 20 heavy (non-hydrogen) atoms. The molecule has 1 amide bonds. The third-order valence-corrected chi connectivity index (χ3v) is 3.60. The number of amides is 1. The van der Waals surface area contributed by atoms with Gasteiger partial charge in [-0.15, -0.1) is 0 Å². The van der Waals surface area contributed by atoms with Gasteiger partial charge in [-0.1, -0.05) is 24.3 Å². The van der Waals surface area contributed by atoms with Gasteiger partial charge >= 0.3 is 0 Å². The highest BCUT2D eigenvalue weighted by molar-refractivity contribution is 6.16. The highest BCUT2D eigenvalue weighted by Crippen LogP contribution is 2.26. The van der Waals surface area contributed by atoms with E-state index in [1.807, 2.05) is 30.3 Å². The number of allylic oxidation sites excluding steroid dienone is 1. The van der Waals surface area contributed by atoms with Gasteiger partial charge in [0.2, 0.25) is 0 Å². The Labute approximate surface area is 118 Å². The van der Waals surface area contributed by atoms with E-state index in [1.54, 1.807) is 0 Å². The predicted molar refractivity (Wildman–Crippen MR) is 79.0 cm³/mol. The minimum atomic E-state index is -0.465. The third-order valence-electron chi connectivity index (χ3n) is 3.60. The summed E-state index contributed by atoms with van der Waals surface area (Å²) in [5, 5.41) is 8.93. The van der Waals surface area contributed by atoms with Gasteiger partial charge in [0.1, 0.15) is 11.8 Å². The van der Waals surface area contributed by atoms with E-state index in [-0.39, 0.29) is 5.91 Å². The van der Waals surface area contributed by atoms with Crippen molar-refractivity contribution < 1.29 is 4.79 Å². The number of anilines is 1. The molecule has 5 nitrogen and oxygen atoms in total. The third kappa shape index (κ3) is 2.27. The summed E-state index contributed by atoms with van der Waals surface area (Å²) in [6, 6.07) is 9.37. The number of benzene rings is 1. The molecular formula is C15H18N4O. The maximum Gasteiger partial charge on any atom is 0.264 e. The van der Waals surface area contributed by atoms with Gasteiger partial charge in [-0.3, -0.25) is 4.79 Å². The van der Waals surface area contributed by atoms with Gasteiger partial charge in [0.25, 0.3) is 5.91 Å². The molecule has 0 saturated heterocycles. The van der Waals surface area contributed by atoms with Crippen molar-refractivity contribution in [2.24, 2.45) is 16.8 Å². The van der Waals surface area contributed by atoms with Crippen LogP contribution >= 0.6 is 0 Å². The van der Waals surface area contributed by atoms with E-state index in [2.05, 4.69) is 16.5 Å². The molecule has 2 aliphatic heterocycles. The van der Waals surface area contributed by atoms with Crippen molar-refractivity contribution in [3.8, 4) is 0 Å². The van der Waals surface area contributed by atoms with E-state index in [4.69, 9.17) is 5.73 Å². The van der Waals surface area contributed by atoms with Crippen molar-refractivity contribution in [3.05, 3.63) is 42.1 Å². The molecule has 2 heterocycles. The highest BCUT2D eigenvalue weighted by Gasteiger charge is 2.38. The second-order valence-electron chi connectivity index (χ2n) is 5.03. The topological polar surface area (TPSA) is 70.7 Å². The number of hydrazone groups is 1. The van der Waals surface area contributed by atoms with Gasteiger partial charge in [0.15, 0.2) is 0 Å². The quantitative estimate of drug-likeness (QED) is 0.857. The Morgan fingerprint density at radius 1 is 1.25 bits per heavy atom. The fourth-order valence-electron chi connectivity index (χ4n) is 2.57. The first-order valence-electron chi connectivity index (χ1n) is 6.94. The standard InChI is InChI=1S/C15H18N4O/c16-14-13(12-9-5-2-6-10-17-12)15(20)19(18-14)11-7-3-1-4-8-11/h1,3-4,7-9,13,17H,2,5-6,10H2,(H2,16,18)/t13-/m0/s1. The largest absolute Gasteiger partial charge is 0.388 e. The Morgan fingerprint density at radius 3 is 2.85 bits per heavy atom. The van der Waals surface area contributed by atoms with Crippen LogP contribution < -0.4 is 16.1 Å². The molecule has 0 spiro atoms. The molecule has 5 heteroatoms. The van der Waals surface area contributed by atoms with Crippen LogP contribution in [-0.2, 0) is 4.79 Å². The number of nitrogens with one attached hydrogen (secondary N) is 1. The normalized spacial score (nSPS) is 22.9. The Hall–Kier alpha value is -2.30. The Kier molecular flexibility index (Phi) is 3.41.